The first-order chi connectivity index (χ1) is 27.3. The second-order valence-electron chi connectivity index (χ2n) is 14.2. The van der Waals surface area contributed by atoms with Crippen LogP contribution in [0.25, 0.3) is 79.8 Å². The zero-order chi connectivity index (χ0) is 36.3. The first-order valence-electron chi connectivity index (χ1n) is 18.8. The van der Waals surface area contributed by atoms with Crippen LogP contribution < -0.4 is 4.90 Å². The summed E-state index contributed by atoms with van der Waals surface area (Å²) in [7, 11) is 0. The van der Waals surface area contributed by atoms with E-state index in [4.69, 9.17) is 0 Å². The number of aromatic nitrogens is 1. The van der Waals surface area contributed by atoms with Crippen LogP contribution in [-0.2, 0) is 0 Å². The number of hydrogen-bond donors (Lipinski definition) is 0. The Kier molecular flexibility index (Phi) is 7.55. The fourth-order valence-electron chi connectivity index (χ4n) is 8.35. The van der Waals surface area contributed by atoms with Crippen LogP contribution in [0.3, 0.4) is 0 Å². The van der Waals surface area contributed by atoms with E-state index in [1.54, 1.807) is 0 Å². The molecule has 0 fully saturated rings. The predicted molar refractivity (Wildman–Crippen MR) is 236 cm³/mol. The van der Waals surface area contributed by atoms with Crippen LogP contribution in [0.15, 0.2) is 206 Å². The van der Waals surface area contributed by atoms with Crippen molar-refractivity contribution in [2.75, 3.05) is 4.90 Å². The van der Waals surface area contributed by atoms with Gasteiger partial charge in [-0.1, -0.05) is 72.8 Å². The van der Waals surface area contributed by atoms with E-state index < -0.39 is 0 Å². The topological polar surface area (TPSA) is 8.17 Å². The van der Waals surface area contributed by atoms with Gasteiger partial charge in [0.25, 0.3) is 0 Å². The van der Waals surface area contributed by atoms with E-state index in [2.05, 4.69) is 216 Å². The van der Waals surface area contributed by atoms with Crippen molar-refractivity contribution >= 4 is 83.4 Å². The molecule has 2 nitrogen and oxygen atoms in total. The van der Waals surface area contributed by atoms with E-state index in [9.17, 15) is 0 Å². The van der Waals surface area contributed by atoms with E-state index in [-0.39, 0.29) is 0 Å². The molecule has 0 aliphatic heterocycles. The van der Waals surface area contributed by atoms with E-state index in [0.717, 1.165) is 17.1 Å². The Hall–Kier alpha value is -6.64. The van der Waals surface area contributed by atoms with E-state index in [0.29, 0.717) is 14.5 Å². The smallest absolute Gasteiger partial charge is 0.0602 e. The van der Waals surface area contributed by atoms with E-state index >= 15 is 0 Å². The molecule has 11 rings (SSSR count). The summed E-state index contributed by atoms with van der Waals surface area (Å²) in [6.45, 7) is 0. The second-order valence-corrected chi connectivity index (χ2v) is 16.4. The molecule has 0 bridgehead atoms. The first kappa shape index (κ1) is 31.8. The Bertz CT molecular complexity index is 3180. The first-order valence-corrected chi connectivity index (χ1v) is 20.5. The average Bonchev–Trinajstić information content (AvgIpc) is 3.80. The van der Waals surface area contributed by atoms with Gasteiger partial charge in [-0.05, 0) is 35.4 Å². The number of hydrogen-bond acceptors (Lipinski definition) is 1. The van der Waals surface area contributed by atoms with Crippen molar-refractivity contribution < 1.29 is 0 Å². The minimum absolute atomic E-state index is 0.373. The number of para-hydroxylation sites is 2. The fraction of sp³-hybridized carbons (Fsp3) is 0. The van der Waals surface area contributed by atoms with Gasteiger partial charge in [0.1, 0.15) is 0 Å². The Morgan fingerprint density at radius 2 is 0.909 bits per heavy atom. The number of rotatable bonds is 6. The zero-order valence-electron chi connectivity index (χ0n) is 29.9. The number of anilines is 3. The molecule has 3 heteroatoms. The molecule has 0 N–H and O–H groups in total. The molecule has 11 aromatic rings. The van der Waals surface area contributed by atoms with E-state index in [1.165, 1.54) is 79.8 Å². The summed E-state index contributed by atoms with van der Waals surface area (Å²) < 4.78 is 5.33. The summed E-state index contributed by atoms with van der Waals surface area (Å²) in [5.74, 6) is 0. The van der Waals surface area contributed by atoms with Gasteiger partial charge >= 0.3 is 187 Å². The van der Waals surface area contributed by atoms with Crippen molar-refractivity contribution in [1.82, 2.24) is 4.57 Å². The molecule has 9 aromatic carbocycles. The quantitative estimate of drug-likeness (QED) is 0.153. The van der Waals surface area contributed by atoms with Crippen molar-refractivity contribution in [2.24, 2.45) is 0 Å². The van der Waals surface area contributed by atoms with Crippen LogP contribution in [0.1, 0.15) is 0 Å². The molecule has 0 amide bonds. The van der Waals surface area contributed by atoms with Crippen molar-refractivity contribution in [3.8, 4) is 27.9 Å². The van der Waals surface area contributed by atoms with Crippen LogP contribution in [0.4, 0.5) is 17.1 Å². The van der Waals surface area contributed by atoms with Gasteiger partial charge < -0.3 is 4.57 Å². The summed E-state index contributed by atoms with van der Waals surface area (Å²) in [5.41, 5.74) is 11.8. The maximum absolute atomic E-state index is 2.40. The predicted octanol–water partition coefficient (Wildman–Crippen LogP) is 14.1. The fourth-order valence-corrected chi connectivity index (χ4v) is 10.6. The molecule has 2 aromatic heterocycles. The summed E-state index contributed by atoms with van der Waals surface area (Å²) >= 11 is 0.373. The zero-order valence-corrected chi connectivity index (χ0v) is 31.6. The van der Waals surface area contributed by atoms with Crippen LogP contribution in [-0.4, -0.2) is 19.1 Å². The molecular weight excluding hydrogens is 732 g/mol. The Morgan fingerprint density at radius 1 is 0.345 bits per heavy atom. The number of nitrogens with zero attached hydrogens (tertiary/aromatic N) is 2. The van der Waals surface area contributed by atoms with Gasteiger partial charge in [-0.15, -0.1) is 0 Å². The van der Waals surface area contributed by atoms with Crippen molar-refractivity contribution in [3.05, 3.63) is 206 Å². The van der Waals surface area contributed by atoms with Gasteiger partial charge in [0.05, 0.1) is 11.0 Å². The molecule has 0 aliphatic carbocycles. The van der Waals surface area contributed by atoms with Crippen molar-refractivity contribution in [1.29, 1.82) is 0 Å². The maximum atomic E-state index is 2.40. The third-order valence-corrected chi connectivity index (χ3v) is 13.4. The summed E-state index contributed by atoms with van der Waals surface area (Å²) in [6.07, 6.45) is 0. The molecular formula is C52H34N2Se. The molecule has 0 unspecified atom stereocenters. The third-order valence-electron chi connectivity index (χ3n) is 11.0. The standard InChI is InChI=1S/C52H34N2Se/c1-2-13-40(14-3-1)54-49-18-8-6-16-44(49)45-31-25-39(34-50(45)54)36-23-29-42(30-24-36)53(48-19-10-12-37-11-4-5-15-43(37)48)41-27-21-35(22-28-41)38-26-32-52-47(33-38)46-17-7-9-20-51(46)55-52/h1-34H. The van der Waals surface area contributed by atoms with Gasteiger partial charge in [-0.3, -0.25) is 0 Å². The van der Waals surface area contributed by atoms with Crippen LogP contribution in [0, 0.1) is 0 Å². The Morgan fingerprint density at radius 3 is 1.69 bits per heavy atom. The molecule has 0 saturated carbocycles. The van der Waals surface area contributed by atoms with Gasteiger partial charge in [-0.25, -0.2) is 0 Å². The molecule has 2 heterocycles. The SMILES string of the molecule is c1ccc(-n2c3ccccc3c3ccc(-c4ccc(N(c5ccc(-c6ccc7[se]c8ccccc8c7c6)cc5)c5cccc6ccccc56)cc4)cc32)cc1. The van der Waals surface area contributed by atoms with Crippen molar-refractivity contribution in [3.63, 3.8) is 0 Å². The average molecular weight is 766 g/mol. The van der Waals surface area contributed by atoms with Crippen molar-refractivity contribution in [2.45, 2.75) is 0 Å². The number of fused-ring (bicyclic) bond motifs is 7. The number of benzene rings is 9. The van der Waals surface area contributed by atoms with Gasteiger partial charge in [0, 0.05) is 16.5 Å². The minimum Gasteiger partial charge on any atom is -0.0602 e. The van der Waals surface area contributed by atoms with Crippen LogP contribution in [0.2, 0.25) is 0 Å². The molecule has 0 spiro atoms. The Balaban J connectivity index is 1.00. The third kappa shape index (κ3) is 5.40. The molecule has 55 heavy (non-hydrogen) atoms. The monoisotopic (exact) mass is 766 g/mol. The minimum atomic E-state index is 0.373. The van der Waals surface area contributed by atoms with Crippen LogP contribution >= 0.6 is 0 Å². The van der Waals surface area contributed by atoms with Gasteiger partial charge in [-0.2, -0.15) is 0 Å². The van der Waals surface area contributed by atoms with Gasteiger partial charge in [0.2, 0.25) is 0 Å². The molecule has 258 valence electrons. The molecule has 0 aliphatic rings. The Labute approximate surface area is 325 Å². The summed E-state index contributed by atoms with van der Waals surface area (Å²) in [6, 6.07) is 75.6. The molecule has 0 saturated heterocycles. The summed E-state index contributed by atoms with van der Waals surface area (Å²) in [4.78, 5) is 2.40. The van der Waals surface area contributed by atoms with E-state index in [1.807, 2.05) is 0 Å². The second kappa shape index (κ2) is 13.0. The molecule has 0 radical (unpaired) electrons. The molecule has 0 atom stereocenters. The normalized spacial score (nSPS) is 11.6. The summed E-state index contributed by atoms with van der Waals surface area (Å²) in [5, 5.41) is 7.74. The van der Waals surface area contributed by atoms with Crippen LogP contribution in [0.5, 0.6) is 0 Å². The van der Waals surface area contributed by atoms with Gasteiger partial charge in [0.15, 0.2) is 0 Å².